The Labute approximate surface area is 113 Å². The van der Waals surface area contributed by atoms with Crippen LogP contribution in [-0.2, 0) is 0 Å². The summed E-state index contributed by atoms with van der Waals surface area (Å²) in [5.41, 5.74) is 8.85. The first-order chi connectivity index (χ1) is 9.24. The topological polar surface area (TPSA) is 54.2 Å². The highest BCUT2D eigenvalue weighted by molar-refractivity contribution is 5.98. The van der Waals surface area contributed by atoms with E-state index in [0.29, 0.717) is 6.04 Å². The Hall–Kier alpha value is -1.81. The molecule has 0 amide bonds. The summed E-state index contributed by atoms with van der Waals surface area (Å²) in [6, 6.07) is 8.44. The Morgan fingerprint density at radius 3 is 3.11 bits per heavy atom. The molecule has 2 heterocycles. The Morgan fingerprint density at radius 1 is 1.37 bits per heavy atom. The molecule has 19 heavy (non-hydrogen) atoms. The van der Waals surface area contributed by atoms with E-state index in [-0.39, 0.29) is 0 Å². The van der Waals surface area contributed by atoms with Crippen LogP contribution in [0.3, 0.4) is 0 Å². The van der Waals surface area contributed by atoms with Crippen LogP contribution in [0.25, 0.3) is 10.9 Å². The molecule has 1 saturated heterocycles. The zero-order chi connectivity index (χ0) is 13.2. The van der Waals surface area contributed by atoms with E-state index in [0.717, 1.165) is 28.8 Å². The molecule has 1 aromatic carbocycles. The normalized spacial score (nSPS) is 20.6. The molecule has 3 N–H and O–H groups in total. The van der Waals surface area contributed by atoms with Gasteiger partial charge in [0.2, 0.25) is 0 Å². The number of piperidine rings is 1. The van der Waals surface area contributed by atoms with Crippen molar-refractivity contribution in [3.8, 4) is 0 Å². The maximum absolute atomic E-state index is 6.00. The molecule has 1 aliphatic heterocycles. The van der Waals surface area contributed by atoms with Gasteiger partial charge in [-0.05, 0) is 50.7 Å². The van der Waals surface area contributed by atoms with Crippen LogP contribution in [0.15, 0.2) is 30.5 Å². The lowest BCUT2D eigenvalue weighted by Crippen LogP contribution is -2.39. The molecule has 100 valence electrons. The lowest BCUT2D eigenvalue weighted by atomic mass is 10.1. The molecule has 1 atom stereocenters. The van der Waals surface area contributed by atoms with Crippen molar-refractivity contribution in [2.24, 2.45) is 0 Å². The average molecular weight is 256 g/mol. The number of rotatable bonds is 2. The van der Waals surface area contributed by atoms with E-state index in [2.05, 4.69) is 22.2 Å². The van der Waals surface area contributed by atoms with Gasteiger partial charge >= 0.3 is 0 Å². The van der Waals surface area contributed by atoms with Crippen LogP contribution >= 0.6 is 0 Å². The SMILES string of the molecule is CN1CCCC(Nc2ccc(N)c3cccnc23)C1. The molecule has 0 saturated carbocycles. The van der Waals surface area contributed by atoms with E-state index >= 15 is 0 Å². The predicted octanol–water partition coefficient (Wildman–Crippen LogP) is 2.32. The number of hydrogen-bond donors (Lipinski definition) is 2. The summed E-state index contributed by atoms with van der Waals surface area (Å²) in [4.78, 5) is 6.84. The molecule has 4 nitrogen and oxygen atoms in total. The maximum Gasteiger partial charge on any atom is 0.0953 e. The van der Waals surface area contributed by atoms with E-state index in [1.165, 1.54) is 19.4 Å². The minimum atomic E-state index is 0.493. The summed E-state index contributed by atoms with van der Waals surface area (Å²) >= 11 is 0. The first-order valence-electron chi connectivity index (χ1n) is 6.82. The number of aromatic nitrogens is 1. The summed E-state index contributed by atoms with van der Waals surface area (Å²) in [6.07, 6.45) is 4.28. The highest BCUT2D eigenvalue weighted by Gasteiger charge is 2.17. The standard InChI is InChI=1S/C15H20N4/c1-19-9-3-4-11(10-19)18-14-7-6-13(16)12-5-2-8-17-15(12)14/h2,5-8,11,18H,3-4,9-10,16H2,1H3. The number of hydrogen-bond acceptors (Lipinski definition) is 4. The number of nitrogens with zero attached hydrogens (tertiary/aromatic N) is 2. The Kier molecular flexibility index (Phi) is 3.25. The van der Waals surface area contributed by atoms with Crippen molar-refractivity contribution in [3.05, 3.63) is 30.5 Å². The minimum absolute atomic E-state index is 0.493. The van der Waals surface area contributed by atoms with E-state index in [9.17, 15) is 0 Å². The molecule has 1 fully saturated rings. The average Bonchev–Trinajstić information content (AvgIpc) is 2.42. The zero-order valence-electron chi connectivity index (χ0n) is 11.3. The predicted molar refractivity (Wildman–Crippen MR) is 80.3 cm³/mol. The van der Waals surface area contributed by atoms with E-state index in [4.69, 9.17) is 5.73 Å². The molecule has 1 aromatic heterocycles. The Morgan fingerprint density at radius 2 is 2.26 bits per heavy atom. The van der Waals surface area contributed by atoms with Crippen molar-refractivity contribution < 1.29 is 0 Å². The lowest BCUT2D eigenvalue weighted by Gasteiger charge is -2.31. The van der Waals surface area contributed by atoms with Crippen LogP contribution in [0, 0.1) is 0 Å². The number of likely N-dealkylation sites (N-methyl/N-ethyl adjacent to an activating group) is 1. The van der Waals surface area contributed by atoms with Crippen molar-refractivity contribution in [2.45, 2.75) is 18.9 Å². The van der Waals surface area contributed by atoms with Gasteiger partial charge in [0.05, 0.1) is 11.2 Å². The fourth-order valence-electron chi connectivity index (χ4n) is 2.82. The van der Waals surface area contributed by atoms with Gasteiger partial charge in [-0.1, -0.05) is 0 Å². The largest absolute Gasteiger partial charge is 0.398 e. The molecule has 4 heteroatoms. The highest BCUT2D eigenvalue weighted by Crippen LogP contribution is 2.27. The van der Waals surface area contributed by atoms with Crippen LogP contribution in [0.2, 0.25) is 0 Å². The zero-order valence-corrected chi connectivity index (χ0v) is 11.3. The van der Waals surface area contributed by atoms with Gasteiger partial charge in [0.1, 0.15) is 0 Å². The Bertz CT molecular complexity index is 581. The summed E-state index contributed by atoms with van der Waals surface area (Å²) < 4.78 is 0. The molecule has 2 aromatic rings. The van der Waals surface area contributed by atoms with Crippen LogP contribution in [0.4, 0.5) is 11.4 Å². The third kappa shape index (κ3) is 2.49. The second-order valence-corrected chi connectivity index (χ2v) is 5.35. The van der Waals surface area contributed by atoms with E-state index in [1.807, 2.05) is 30.5 Å². The summed E-state index contributed by atoms with van der Waals surface area (Å²) in [5.74, 6) is 0. The van der Waals surface area contributed by atoms with Gasteiger partial charge in [0.25, 0.3) is 0 Å². The number of nitrogen functional groups attached to an aromatic ring is 1. The van der Waals surface area contributed by atoms with Crippen molar-refractivity contribution in [1.29, 1.82) is 0 Å². The summed E-state index contributed by atoms with van der Waals surface area (Å²) in [6.45, 7) is 2.28. The van der Waals surface area contributed by atoms with Crippen molar-refractivity contribution in [1.82, 2.24) is 9.88 Å². The van der Waals surface area contributed by atoms with Crippen LogP contribution in [0.5, 0.6) is 0 Å². The summed E-state index contributed by atoms with van der Waals surface area (Å²) in [7, 11) is 2.17. The minimum Gasteiger partial charge on any atom is -0.398 e. The van der Waals surface area contributed by atoms with Gasteiger partial charge in [0.15, 0.2) is 0 Å². The molecule has 1 aliphatic rings. The van der Waals surface area contributed by atoms with Gasteiger partial charge in [-0.15, -0.1) is 0 Å². The molecule has 1 unspecified atom stereocenters. The third-order valence-corrected chi connectivity index (χ3v) is 3.79. The smallest absolute Gasteiger partial charge is 0.0953 e. The number of nitrogens with one attached hydrogen (secondary N) is 1. The number of benzene rings is 1. The number of pyridine rings is 1. The number of likely N-dealkylation sites (tertiary alicyclic amines) is 1. The fraction of sp³-hybridized carbons (Fsp3) is 0.400. The van der Waals surface area contributed by atoms with Gasteiger partial charge in [-0.2, -0.15) is 0 Å². The van der Waals surface area contributed by atoms with Crippen LogP contribution < -0.4 is 11.1 Å². The first-order valence-corrected chi connectivity index (χ1v) is 6.82. The number of fused-ring (bicyclic) bond motifs is 1. The van der Waals surface area contributed by atoms with Gasteiger partial charge in [0, 0.05) is 29.9 Å². The molecular weight excluding hydrogens is 236 g/mol. The maximum atomic E-state index is 6.00. The molecule has 0 radical (unpaired) electrons. The van der Waals surface area contributed by atoms with Crippen LogP contribution in [0.1, 0.15) is 12.8 Å². The quantitative estimate of drug-likeness (QED) is 0.810. The second-order valence-electron chi connectivity index (χ2n) is 5.35. The molecule has 3 rings (SSSR count). The molecule has 0 bridgehead atoms. The highest BCUT2D eigenvalue weighted by atomic mass is 15.1. The first kappa shape index (κ1) is 12.2. The van der Waals surface area contributed by atoms with Crippen LogP contribution in [-0.4, -0.2) is 36.1 Å². The molecule has 0 spiro atoms. The fourth-order valence-corrected chi connectivity index (χ4v) is 2.82. The van der Waals surface area contributed by atoms with Crippen molar-refractivity contribution in [3.63, 3.8) is 0 Å². The third-order valence-electron chi connectivity index (χ3n) is 3.79. The monoisotopic (exact) mass is 256 g/mol. The number of anilines is 2. The Balaban J connectivity index is 1.90. The molecular formula is C15H20N4. The van der Waals surface area contributed by atoms with E-state index < -0.39 is 0 Å². The van der Waals surface area contributed by atoms with Gasteiger partial charge < -0.3 is 16.0 Å². The summed E-state index contributed by atoms with van der Waals surface area (Å²) in [5, 5.41) is 4.65. The molecule has 0 aliphatic carbocycles. The van der Waals surface area contributed by atoms with Gasteiger partial charge in [-0.25, -0.2) is 0 Å². The van der Waals surface area contributed by atoms with Gasteiger partial charge in [-0.3, -0.25) is 4.98 Å². The van der Waals surface area contributed by atoms with E-state index in [1.54, 1.807) is 0 Å². The number of nitrogens with two attached hydrogens (primary N) is 1. The van der Waals surface area contributed by atoms with Crippen molar-refractivity contribution in [2.75, 3.05) is 31.2 Å². The van der Waals surface area contributed by atoms with Crippen molar-refractivity contribution >= 4 is 22.3 Å². The lowest BCUT2D eigenvalue weighted by molar-refractivity contribution is 0.261. The second kappa shape index (κ2) is 5.05.